The third-order valence-electron chi connectivity index (χ3n) is 3.15. The fraction of sp³-hybridized carbons (Fsp3) is 0.667. The van der Waals surface area contributed by atoms with Gasteiger partial charge in [0.05, 0.1) is 24.9 Å². The molecule has 1 aromatic heterocycles. The van der Waals surface area contributed by atoms with Gasteiger partial charge in [-0.3, -0.25) is 0 Å². The average Bonchev–Trinajstić information content (AvgIpc) is 2.66. The molecule has 19 heavy (non-hydrogen) atoms. The van der Waals surface area contributed by atoms with Crippen molar-refractivity contribution in [1.82, 2.24) is 10.1 Å². The predicted octanol–water partition coefficient (Wildman–Crippen LogP) is 1.44. The highest BCUT2D eigenvalue weighted by atomic mass is 127. The van der Waals surface area contributed by atoms with Crippen LogP contribution in [0.2, 0.25) is 0 Å². The van der Waals surface area contributed by atoms with Crippen molar-refractivity contribution in [3.8, 4) is 0 Å². The maximum Gasteiger partial charge on any atom is 0.191 e. The lowest BCUT2D eigenvalue weighted by atomic mass is 10.2. The first-order valence-electron chi connectivity index (χ1n) is 6.16. The van der Waals surface area contributed by atoms with Crippen molar-refractivity contribution in [3.63, 3.8) is 0 Å². The van der Waals surface area contributed by atoms with Gasteiger partial charge in [0.2, 0.25) is 0 Å². The van der Waals surface area contributed by atoms with Crippen LogP contribution in [0.25, 0.3) is 0 Å². The van der Waals surface area contributed by atoms with E-state index in [0.717, 1.165) is 30.1 Å². The molecule has 0 aliphatic carbocycles. The number of rotatable bonds is 2. The molecule has 1 aromatic rings. The van der Waals surface area contributed by atoms with Crippen molar-refractivity contribution in [3.05, 3.63) is 17.0 Å². The second kappa shape index (κ2) is 7.09. The Bertz CT molecular complexity index is 427. The second-order valence-corrected chi connectivity index (χ2v) is 4.60. The minimum absolute atomic E-state index is 0. The minimum Gasteiger partial charge on any atom is -0.375 e. The van der Waals surface area contributed by atoms with E-state index in [9.17, 15) is 0 Å². The number of aliphatic imine (C=N–C) groups is 1. The fourth-order valence-electron chi connectivity index (χ4n) is 2.01. The Morgan fingerprint density at radius 1 is 1.53 bits per heavy atom. The van der Waals surface area contributed by atoms with Crippen molar-refractivity contribution in [2.24, 2.45) is 10.7 Å². The summed E-state index contributed by atoms with van der Waals surface area (Å²) in [6.45, 7) is 8.62. The lowest BCUT2D eigenvalue weighted by molar-refractivity contribution is 0.00528. The van der Waals surface area contributed by atoms with Crippen molar-refractivity contribution >= 4 is 29.9 Å². The van der Waals surface area contributed by atoms with Crippen LogP contribution in [0.4, 0.5) is 0 Å². The molecule has 1 fully saturated rings. The number of halogens is 1. The molecule has 2 heterocycles. The summed E-state index contributed by atoms with van der Waals surface area (Å²) in [7, 11) is 0. The van der Waals surface area contributed by atoms with Crippen molar-refractivity contribution in [2.45, 2.75) is 33.4 Å². The second-order valence-electron chi connectivity index (χ2n) is 4.60. The third-order valence-corrected chi connectivity index (χ3v) is 3.15. The number of nitrogens with zero attached hydrogens (tertiary/aromatic N) is 3. The summed E-state index contributed by atoms with van der Waals surface area (Å²) in [5.41, 5.74) is 7.88. The van der Waals surface area contributed by atoms with Crippen LogP contribution in [-0.4, -0.2) is 41.8 Å². The molecule has 1 aliphatic heterocycles. The van der Waals surface area contributed by atoms with Crippen molar-refractivity contribution in [2.75, 3.05) is 19.7 Å². The monoisotopic (exact) mass is 380 g/mol. The fourth-order valence-corrected chi connectivity index (χ4v) is 2.01. The van der Waals surface area contributed by atoms with Gasteiger partial charge >= 0.3 is 0 Å². The molecule has 1 atom stereocenters. The van der Waals surface area contributed by atoms with Gasteiger partial charge in [0, 0.05) is 18.7 Å². The first-order chi connectivity index (χ1) is 8.58. The van der Waals surface area contributed by atoms with E-state index in [1.165, 1.54) is 0 Å². The smallest absolute Gasteiger partial charge is 0.191 e. The molecule has 0 spiro atoms. The number of hydrogen-bond donors (Lipinski definition) is 1. The highest BCUT2D eigenvalue weighted by molar-refractivity contribution is 14.0. The van der Waals surface area contributed by atoms with Crippen LogP contribution in [0.3, 0.4) is 0 Å². The van der Waals surface area contributed by atoms with Crippen LogP contribution in [0.1, 0.15) is 23.9 Å². The van der Waals surface area contributed by atoms with E-state index in [4.69, 9.17) is 15.0 Å². The minimum atomic E-state index is 0. The number of aromatic nitrogens is 1. The van der Waals surface area contributed by atoms with Crippen molar-refractivity contribution in [1.29, 1.82) is 0 Å². The molecule has 1 aliphatic rings. The topological polar surface area (TPSA) is 76.9 Å². The standard InChI is InChI=1S/C12H20N4O2.HI/c1-8-7-16(4-5-17-8)12(13)14-6-11-9(2)15-18-10(11)3;/h8H,4-7H2,1-3H3,(H2,13,14);1H. The summed E-state index contributed by atoms with van der Waals surface area (Å²) < 4.78 is 10.6. The summed E-state index contributed by atoms with van der Waals surface area (Å²) in [5, 5.41) is 3.90. The van der Waals surface area contributed by atoms with Gasteiger partial charge < -0.3 is 19.9 Å². The molecule has 7 heteroatoms. The van der Waals surface area contributed by atoms with Crippen LogP contribution in [0.15, 0.2) is 9.52 Å². The maximum absolute atomic E-state index is 6.00. The van der Waals surface area contributed by atoms with Gasteiger partial charge in [-0.25, -0.2) is 4.99 Å². The molecule has 108 valence electrons. The summed E-state index contributed by atoms with van der Waals surface area (Å²) in [6.07, 6.45) is 0.201. The first-order valence-corrected chi connectivity index (χ1v) is 6.16. The van der Waals surface area contributed by atoms with Gasteiger partial charge in [-0.05, 0) is 20.8 Å². The molecular weight excluding hydrogens is 359 g/mol. The zero-order valence-corrected chi connectivity index (χ0v) is 13.9. The summed E-state index contributed by atoms with van der Waals surface area (Å²) >= 11 is 0. The first kappa shape index (κ1) is 16.2. The number of hydrogen-bond acceptors (Lipinski definition) is 4. The Labute approximate surface area is 130 Å². The average molecular weight is 380 g/mol. The lowest BCUT2D eigenvalue weighted by Crippen LogP contribution is -2.47. The number of nitrogens with two attached hydrogens (primary N) is 1. The highest BCUT2D eigenvalue weighted by Crippen LogP contribution is 2.13. The highest BCUT2D eigenvalue weighted by Gasteiger charge is 2.18. The molecule has 0 radical (unpaired) electrons. The normalized spacial score (nSPS) is 20.3. The van der Waals surface area contributed by atoms with E-state index in [1.807, 2.05) is 25.7 Å². The molecule has 6 nitrogen and oxygen atoms in total. The van der Waals surface area contributed by atoms with Crippen LogP contribution in [-0.2, 0) is 11.3 Å². The molecule has 1 saturated heterocycles. The summed E-state index contributed by atoms with van der Waals surface area (Å²) in [4.78, 5) is 6.46. The maximum atomic E-state index is 6.00. The zero-order chi connectivity index (χ0) is 13.1. The Morgan fingerprint density at radius 3 is 2.84 bits per heavy atom. The zero-order valence-electron chi connectivity index (χ0n) is 11.5. The summed E-state index contributed by atoms with van der Waals surface area (Å²) in [5.74, 6) is 1.37. The van der Waals surface area contributed by atoms with E-state index in [1.54, 1.807) is 0 Å². The largest absolute Gasteiger partial charge is 0.375 e. The SMILES string of the molecule is Cc1noc(C)c1CN=C(N)N1CCOC(C)C1.I. The van der Waals surface area contributed by atoms with Gasteiger partial charge in [-0.15, -0.1) is 24.0 Å². The van der Waals surface area contributed by atoms with E-state index in [2.05, 4.69) is 10.1 Å². The third kappa shape index (κ3) is 4.07. The van der Waals surface area contributed by atoms with E-state index >= 15 is 0 Å². The number of guanidine groups is 1. The number of morpholine rings is 1. The molecule has 1 unspecified atom stereocenters. The van der Waals surface area contributed by atoms with Gasteiger partial charge in [-0.1, -0.05) is 5.16 Å². The molecular formula is C12H21IN4O2. The van der Waals surface area contributed by atoms with Gasteiger partial charge in [0.15, 0.2) is 5.96 Å². The molecule has 0 bridgehead atoms. The van der Waals surface area contributed by atoms with Crippen LogP contribution in [0, 0.1) is 13.8 Å². The Kier molecular flexibility index (Phi) is 6.05. The Hall–Kier alpha value is -0.830. The molecule has 2 N–H and O–H groups in total. The molecule has 2 rings (SSSR count). The predicted molar refractivity (Wildman–Crippen MR) is 83.7 cm³/mol. The summed E-state index contributed by atoms with van der Waals surface area (Å²) in [6, 6.07) is 0. The lowest BCUT2D eigenvalue weighted by Gasteiger charge is -2.31. The Morgan fingerprint density at radius 2 is 2.26 bits per heavy atom. The van der Waals surface area contributed by atoms with Gasteiger partial charge in [0.1, 0.15) is 5.76 Å². The number of aryl methyl sites for hydroxylation is 2. The van der Waals surface area contributed by atoms with E-state index in [-0.39, 0.29) is 30.1 Å². The molecule has 0 amide bonds. The van der Waals surface area contributed by atoms with E-state index < -0.39 is 0 Å². The van der Waals surface area contributed by atoms with Gasteiger partial charge in [0.25, 0.3) is 0 Å². The quantitative estimate of drug-likeness (QED) is 0.478. The van der Waals surface area contributed by atoms with Gasteiger partial charge in [-0.2, -0.15) is 0 Å². The van der Waals surface area contributed by atoms with Crippen molar-refractivity contribution < 1.29 is 9.26 Å². The van der Waals surface area contributed by atoms with E-state index in [0.29, 0.717) is 19.1 Å². The van der Waals surface area contributed by atoms with Crippen LogP contribution in [0.5, 0.6) is 0 Å². The molecule has 0 saturated carbocycles. The van der Waals surface area contributed by atoms with Crippen LogP contribution >= 0.6 is 24.0 Å². The number of ether oxygens (including phenoxy) is 1. The van der Waals surface area contributed by atoms with Crippen LogP contribution < -0.4 is 5.73 Å². The molecule has 0 aromatic carbocycles. The Balaban J connectivity index is 0.00000180.